The van der Waals surface area contributed by atoms with Crippen LogP contribution in [-0.2, 0) is 20.7 Å². The fourth-order valence-electron chi connectivity index (χ4n) is 2.19. The van der Waals surface area contributed by atoms with Gasteiger partial charge in [-0.25, -0.2) is 9.59 Å². The lowest BCUT2D eigenvalue weighted by atomic mass is 9.91. The fraction of sp³-hybridized carbons (Fsp3) is 0.316. The van der Waals surface area contributed by atoms with Crippen LogP contribution in [0.5, 0.6) is 0 Å². The van der Waals surface area contributed by atoms with E-state index in [1.165, 1.54) is 6.92 Å². The largest absolute Gasteiger partial charge is 0.478 e. The smallest absolute Gasteiger partial charge is 0.348 e. The van der Waals surface area contributed by atoms with Crippen LogP contribution < -0.4 is 0 Å². The molecule has 0 aromatic heterocycles. The first-order chi connectivity index (χ1) is 11.6. The Morgan fingerprint density at radius 2 is 2.16 bits per heavy atom. The van der Waals surface area contributed by atoms with Crippen LogP contribution in [0.1, 0.15) is 38.3 Å². The molecule has 0 saturated heterocycles. The van der Waals surface area contributed by atoms with Gasteiger partial charge in [0.05, 0.1) is 10.6 Å². The molecule has 0 amide bonds. The molecule has 1 N–H and O–H groups in total. The minimum atomic E-state index is -1.39. The Bertz CT molecular complexity index is 776. The highest BCUT2D eigenvalue weighted by molar-refractivity contribution is 6.31. The van der Waals surface area contributed by atoms with E-state index >= 15 is 0 Å². The number of benzene rings is 1. The van der Waals surface area contributed by atoms with Gasteiger partial charge in [-0.3, -0.25) is 0 Å². The summed E-state index contributed by atoms with van der Waals surface area (Å²) in [5.41, 5.74) is 1.50. The van der Waals surface area contributed by atoms with Gasteiger partial charge in [0, 0.05) is 12.0 Å². The summed E-state index contributed by atoms with van der Waals surface area (Å²) in [6, 6.07) is 7.40. The molecular weight excluding hydrogens is 342 g/mol. The molecule has 1 aromatic rings. The number of carbonyl (C=O) groups excluding carboxylic acids is 1. The summed E-state index contributed by atoms with van der Waals surface area (Å²) in [7, 11) is 0. The van der Waals surface area contributed by atoms with Crippen LogP contribution in [0.3, 0.4) is 0 Å². The highest BCUT2D eigenvalue weighted by atomic mass is 35.5. The lowest BCUT2D eigenvalue weighted by Gasteiger charge is -2.30. The number of rotatable bonds is 3. The molecule has 2 rings (SSSR count). The van der Waals surface area contributed by atoms with E-state index in [2.05, 4.69) is 6.58 Å². The molecule has 1 unspecified atom stereocenters. The zero-order valence-electron chi connectivity index (χ0n) is 14.4. The van der Waals surface area contributed by atoms with Crippen molar-refractivity contribution in [2.24, 2.45) is 0 Å². The number of nitriles is 1. The number of carboxylic acid groups (broad SMARTS) is 1. The van der Waals surface area contributed by atoms with Gasteiger partial charge in [-0.1, -0.05) is 29.3 Å². The number of carboxylic acids is 1. The molecule has 0 spiro atoms. The van der Waals surface area contributed by atoms with Crippen molar-refractivity contribution >= 4 is 23.5 Å². The van der Waals surface area contributed by atoms with E-state index in [1.54, 1.807) is 32.1 Å². The van der Waals surface area contributed by atoms with Crippen LogP contribution in [0.4, 0.5) is 0 Å². The first-order valence-electron chi connectivity index (χ1n) is 7.57. The van der Waals surface area contributed by atoms with Crippen LogP contribution in [0, 0.1) is 11.3 Å². The zero-order valence-corrected chi connectivity index (χ0v) is 15.2. The average Bonchev–Trinajstić information content (AvgIpc) is 2.53. The van der Waals surface area contributed by atoms with E-state index in [4.69, 9.17) is 26.7 Å². The number of cyclic esters (lactones) is 1. The first-order valence-corrected chi connectivity index (χ1v) is 7.95. The number of esters is 1. The summed E-state index contributed by atoms with van der Waals surface area (Å²) in [5, 5.41) is 17.9. The normalized spacial score (nSPS) is 19.2. The lowest BCUT2D eigenvalue weighted by Crippen LogP contribution is -2.43. The lowest BCUT2D eigenvalue weighted by molar-refractivity contribution is -0.175. The van der Waals surface area contributed by atoms with Crippen LogP contribution in [0.25, 0.3) is 0 Å². The summed E-state index contributed by atoms with van der Waals surface area (Å²) in [5.74, 6) is -1.64. The number of allylic oxidation sites excluding steroid dienone is 1. The quantitative estimate of drug-likeness (QED) is 0.648. The molecule has 1 aliphatic rings. The average molecular weight is 362 g/mol. The second-order valence-electron chi connectivity index (χ2n) is 5.93. The van der Waals surface area contributed by atoms with Crippen LogP contribution in [0.15, 0.2) is 42.0 Å². The van der Waals surface area contributed by atoms with Crippen LogP contribution >= 0.6 is 11.6 Å². The van der Waals surface area contributed by atoms with Crippen LogP contribution in [0.2, 0.25) is 5.02 Å². The molecule has 0 bridgehead atoms. The van der Waals surface area contributed by atoms with E-state index in [0.29, 0.717) is 16.2 Å². The number of hydrogen-bond donors (Lipinski definition) is 1. The highest BCUT2D eigenvalue weighted by Crippen LogP contribution is 2.29. The monoisotopic (exact) mass is 361 g/mol. The Kier molecular flexibility index (Phi) is 6.96. The van der Waals surface area contributed by atoms with Gasteiger partial charge in [-0.05, 0) is 44.9 Å². The summed E-state index contributed by atoms with van der Waals surface area (Å²) in [6.45, 7) is 8.41. The molecule has 1 atom stereocenters. The molecule has 0 radical (unpaired) electrons. The van der Waals surface area contributed by atoms with E-state index in [-0.39, 0.29) is 6.42 Å². The van der Waals surface area contributed by atoms with Crippen molar-refractivity contribution < 1.29 is 19.4 Å². The van der Waals surface area contributed by atoms with Gasteiger partial charge in [-0.15, -0.1) is 6.58 Å². The molecular formula is C19H20ClNO4. The van der Waals surface area contributed by atoms with Crippen molar-refractivity contribution in [2.45, 2.75) is 39.2 Å². The molecule has 132 valence electrons. The van der Waals surface area contributed by atoms with E-state index in [9.17, 15) is 9.59 Å². The van der Waals surface area contributed by atoms with Crippen molar-refractivity contribution in [2.75, 3.05) is 0 Å². The number of aliphatic carboxylic acids is 1. The second-order valence-corrected chi connectivity index (χ2v) is 6.33. The molecule has 1 aliphatic heterocycles. The summed E-state index contributed by atoms with van der Waals surface area (Å²) in [4.78, 5) is 22.0. The van der Waals surface area contributed by atoms with Crippen LogP contribution in [-0.4, -0.2) is 22.6 Å². The predicted molar refractivity (Wildman–Crippen MR) is 95.2 cm³/mol. The number of carbonyl (C=O) groups is 2. The Morgan fingerprint density at radius 1 is 1.52 bits per heavy atom. The second kappa shape index (κ2) is 8.50. The third-order valence-corrected chi connectivity index (χ3v) is 4.17. The number of hydrogen-bond acceptors (Lipinski definition) is 4. The standard InChI is InChI=1S/C10H8ClN.C9H12O4/c1-2-3-8-4-5-9(7-12)10(11)6-8;1-5-4-9(3,8(11)12)13-7(10)6(5)2/h2,4-6H,1,3H2;4H2,1-3H3,(H,11,12). The first kappa shape index (κ1) is 20.5. The number of nitrogens with zero attached hydrogens (tertiary/aromatic N) is 1. The van der Waals surface area contributed by atoms with Crippen molar-refractivity contribution in [3.05, 3.63) is 58.1 Å². The molecule has 0 aliphatic carbocycles. The van der Waals surface area contributed by atoms with Gasteiger partial charge in [0.15, 0.2) is 0 Å². The van der Waals surface area contributed by atoms with Crippen molar-refractivity contribution in [3.8, 4) is 6.07 Å². The zero-order chi connectivity index (χ0) is 19.2. The molecule has 1 heterocycles. The molecule has 0 fully saturated rings. The third kappa shape index (κ3) is 5.20. The van der Waals surface area contributed by atoms with E-state index in [0.717, 1.165) is 17.6 Å². The molecule has 1 aromatic carbocycles. The SMILES string of the molecule is C=CCc1ccc(C#N)c(Cl)c1.CC1=C(C)C(=O)OC(C)(C(=O)O)C1. The maximum absolute atomic E-state index is 11.2. The summed E-state index contributed by atoms with van der Waals surface area (Å²) >= 11 is 5.81. The predicted octanol–water partition coefficient (Wildman–Crippen LogP) is 4.05. The van der Waals surface area contributed by atoms with Gasteiger partial charge < -0.3 is 9.84 Å². The maximum Gasteiger partial charge on any atom is 0.348 e. The minimum Gasteiger partial charge on any atom is -0.478 e. The fourth-order valence-corrected chi connectivity index (χ4v) is 2.44. The summed E-state index contributed by atoms with van der Waals surface area (Å²) < 4.78 is 4.82. The van der Waals surface area contributed by atoms with Crippen molar-refractivity contribution in [1.82, 2.24) is 0 Å². The van der Waals surface area contributed by atoms with Crippen molar-refractivity contribution in [3.63, 3.8) is 0 Å². The minimum absolute atomic E-state index is 0.264. The van der Waals surface area contributed by atoms with Gasteiger partial charge in [0.25, 0.3) is 0 Å². The highest BCUT2D eigenvalue weighted by Gasteiger charge is 2.41. The molecule has 6 heteroatoms. The molecule has 0 saturated carbocycles. The molecule has 25 heavy (non-hydrogen) atoms. The summed E-state index contributed by atoms with van der Waals surface area (Å²) in [6.07, 6.45) is 2.85. The number of ether oxygens (including phenoxy) is 1. The van der Waals surface area contributed by atoms with Gasteiger partial charge in [0.1, 0.15) is 6.07 Å². The Morgan fingerprint density at radius 3 is 2.60 bits per heavy atom. The maximum atomic E-state index is 11.2. The third-order valence-electron chi connectivity index (χ3n) is 3.85. The Balaban J connectivity index is 0.000000251. The Labute approximate surface area is 152 Å². The van der Waals surface area contributed by atoms with Gasteiger partial charge in [-0.2, -0.15) is 5.26 Å². The van der Waals surface area contributed by atoms with Gasteiger partial charge >= 0.3 is 11.9 Å². The van der Waals surface area contributed by atoms with E-state index in [1.807, 2.05) is 12.1 Å². The number of halogens is 1. The Hall–Kier alpha value is -2.58. The molecule has 5 nitrogen and oxygen atoms in total. The van der Waals surface area contributed by atoms with Crippen molar-refractivity contribution in [1.29, 1.82) is 5.26 Å². The van der Waals surface area contributed by atoms with Gasteiger partial charge in [0.2, 0.25) is 5.60 Å². The van der Waals surface area contributed by atoms with E-state index < -0.39 is 17.5 Å². The topological polar surface area (TPSA) is 87.4 Å².